The van der Waals surface area contributed by atoms with Crippen LogP contribution in [0.4, 0.5) is 26.3 Å². The van der Waals surface area contributed by atoms with E-state index in [0.717, 1.165) is 0 Å². The monoisotopic (exact) mass is 367 g/mol. The molecule has 0 aliphatic carbocycles. The van der Waals surface area contributed by atoms with Gasteiger partial charge in [-0.3, -0.25) is 9.54 Å². The van der Waals surface area contributed by atoms with E-state index in [1.165, 1.54) is 0 Å². The molecular formula is C12H15F6NO3S. The summed E-state index contributed by atoms with van der Waals surface area (Å²) in [6, 6.07) is 5.72. The lowest BCUT2D eigenvalue weighted by Crippen LogP contribution is -2.38. The fourth-order valence-electron chi connectivity index (χ4n) is 1.29. The number of aromatic nitrogens is 1. The average Bonchev–Trinajstić information content (AvgIpc) is 2.43. The molecule has 0 bridgehead atoms. The van der Waals surface area contributed by atoms with E-state index < -0.39 is 53.4 Å². The van der Waals surface area contributed by atoms with Crippen LogP contribution in [0.1, 0.15) is 25.7 Å². The van der Waals surface area contributed by atoms with Crippen LogP contribution in [-0.2, 0) is 10.1 Å². The van der Waals surface area contributed by atoms with Crippen molar-refractivity contribution >= 4 is 10.1 Å². The Bertz CT molecular complexity index is 509. The van der Waals surface area contributed by atoms with Gasteiger partial charge in [0.05, 0.1) is 0 Å². The molecule has 1 aromatic heterocycles. The fraction of sp³-hybridized carbons (Fsp3) is 0.583. The Morgan fingerprint density at radius 1 is 1.00 bits per heavy atom. The molecule has 23 heavy (non-hydrogen) atoms. The summed E-state index contributed by atoms with van der Waals surface area (Å²) in [5, 5.41) is -4.99. The first kappa shape index (κ1) is 21.6. The van der Waals surface area contributed by atoms with Crippen LogP contribution in [0.15, 0.2) is 30.6 Å². The fourth-order valence-corrected chi connectivity index (χ4v) is 1.73. The van der Waals surface area contributed by atoms with E-state index in [4.69, 9.17) is 4.55 Å². The first-order chi connectivity index (χ1) is 10.4. The first-order valence-electron chi connectivity index (χ1n) is 6.28. The molecule has 0 saturated heterocycles. The van der Waals surface area contributed by atoms with Crippen LogP contribution in [-0.4, -0.2) is 35.6 Å². The van der Waals surface area contributed by atoms with Gasteiger partial charge < -0.3 is 0 Å². The Morgan fingerprint density at radius 3 is 1.83 bits per heavy atom. The lowest BCUT2D eigenvalue weighted by Gasteiger charge is -2.17. The summed E-state index contributed by atoms with van der Waals surface area (Å²) in [6.07, 6.45) is -7.71. The highest BCUT2D eigenvalue weighted by molar-refractivity contribution is 7.86. The molecule has 1 heterocycles. The molecule has 1 atom stereocenters. The van der Waals surface area contributed by atoms with Gasteiger partial charge in [-0.2, -0.15) is 30.4 Å². The standard InChI is InChI=1S/C7H10F6O3S.C5H5N/c8-5(7(12,13)17(14,15)16)3-1-2-4-6(9,10)11;1-2-4-6-5-3-1/h5H,1-4H2,(H,14,15,16);1-5H. The third-order valence-electron chi connectivity index (χ3n) is 2.44. The van der Waals surface area contributed by atoms with Crippen molar-refractivity contribution in [2.75, 3.05) is 0 Å². The van der Waals surface area contributed by atoms with Crippen molar-refractivity contribution < 1.29 is 39.3 Å². The highest BCUT2D eigenvalue weighted by atomic mass is 32.2. The van der Waals surface area contributed by atoms with Crippen LogP contribution in [0.2, 0.25) is 0 Å². The minimum absolute atomic E-state index is 0.564. The molecule has 1 aromatic rings. The lowest BCUT2D eigenvalue weighted by atomic mass is 10.1. The minimum atomic E-state index is -5.90. The van der Waals surface area contributed by atoms with E-state index >= 15 is 0 Å². The molecule has 1 N–H and O–H groups in total. The number of hydrogen-bond acceptors (Lipinski definition) is 3. The Morgan fingerprint density at radius 2 is 1.52 bits per heavy atom. The molecule has 1 unspecified atom stereocenters. The van der Waals surface area contributed by atoms with Gasteiger partial charge in [-0.25, -0.2) is 4.39 Å². The number of alkyl halides is 6. The maximum atomic E-state index is 12.7. The third-order valence-corrected chi connectivity index (χ3v) is 3.39. The van der Waals surface area contributed by atoms with E-state index in [-0.39, 0.29) is 0 Å². The van der Waals surface area contributed by atoms with E-state index in [2.05, 4.69) is 4.98 Å². The Hall–Kier alpha value is -1.36. The van der Waals surface area contributed by atoms with E-state index in [0.29, 0.717) is 0 Å². The summed E-state index contributed by atoms with van der Waals surface area (Å²) in [5.74, 6) is 0. The van der Waals surface area contributed by atoms with Gasteiger partial charge >= 0.3 is 21.5 Å². The van der Waals surface area contributed by atoms with Crippen LogP contribution >= 0.6 is 0 Å². The molecule has 0 aliphatic heterocycles. The zero-order chi connectivity index (χ0) is 18.1. The van der Waals surface area contributed by atoms with Crippen LogP contribution in [0.25, 0.3) is 0 Å². The predicted octanol–water partition coefficient (Wildman–Crippen LogP) is 4.01. The zero-order valence-corrected chi connectivity index (χ0v) is 12.5. The van der Waals surface area contributed by atoms with Crippen molar-refractivity contribution in [3.8, 4) is 0 Å². The normalized spacial score (nSPS) is 13.9. The molecule has 0 aliphatic rings. The largest absolute Gasteiger partial charge is 0.400 e. The van der Waals surface area contributed by atoms with Gasteiger partial charge in [0.25, 0.3) is 0 Å². The molecule has 134 valence electrons. The zero-order valence-electron chi connectivity index (χ0n) is 11.7. The number of unbranched alkanes of at least 4 members (excludes halogenated alkanes) is 1. The number of hydrogen-bond donors (Lipinski definition) is 1. The third kappa shape index (κ3) is 9.39. The Balaban J connectivity index is 0.000000664. The van der Waals surface area contributed by atoms with Gasteiger partial charge in [0.1, 0.15) is 0 Å². The highest BCUT2D eigenvalue weighted by Gasteiger charge is 2.52. The van der Waals surface area contributed by atoms with E-state index in [1.54, 1.807) is 12.4 Å². The van der Waals surface area contributed by atoms with Crippen molar-refractivity contribution in [2.24, 2.45) is 0 Å². The number of halogens is 6. The summed E-state index contributed by atoms with van der Waals surface area (Å²) in [7, 11) is -5.90. The lowest BCUT2D eigenvalue weighted by molar-refractivity contribution is -0.136. The number of rotatable bonds is 6. The van der Waals surface area contributed by atoms with Crippen LogP contribution in [0.3, 0.4) is 0 Å². The summed E-state index contributed by atoms with van der Waals surface area (Å²) < 4.78 is 101. The second-order valence-electron chi connectivity index (χ2n) is 4.39. The average molecular weight is 367 g/mol. The van der Waals surface area contributed by atoms with E-state index in [9.17, 15) is 34.8 Å². The van der Waals surface area contributed by atoms with Crippen molar-refractivity contribution in [2.45, 2.75) is 43.3 Å². The van der Waals surface area contributed by atoms with Gasteiger partial charge in [-0.1, -0.05) is 6.07 Å². The smallest absolute Gasteiger partial charge is 0.281 e. The summed E-state index contributed by atoms with van der Waals surface area (Å²) >= 11 is 0. The van der Waals surface area contributed by atoms with Gasteiger partial charge in [0.15, 0.2) is 6.17 Å². The van der Waals surface area contributed by atoms with Gasteiger partial charge in [0.2, 0.25) is 0 Å². The van der Waals surface area contributed by atoms with Crippen molar-refractivity contribution in [3.63, 3.8) is 0 Å². The molecule has 0 spiro atoms. The molecule has 11 heteroatoms. The second kappa shape index (κ2) is 9.06. The number of pyridine rings is 1. The molecule has 0 saturated carbocycles. The minimum Gasteiger partial charge on any atom is -0.281 e. The molecule has 0 radical (unpaired) electrons. The maximum absolute atomic E-state index is 12.7. The van der Waals surface area contributed by atoms with Gasteiger partial charge in [-0.05, 0) is 31.4 Å². The molecule has 0 fully saturated rings. The summed E-state index contributed by atoms with van der Waals surface area (Å²) in [6.45, 7) is 0. The predicted molar refractivity (Wildman–Crippen MR) is 70.2 cm³/mol. The highest BCUT2D eigenvalue weighted by Crippen LogP contribution is 2.31. The molecule has 4 nitrogen and oxygen atoms in total. The Kier molecular flexibility index (Phi) is 8.53. The molecule has 0 aromatic carbocycles. The van der Waals surface area contributed by atoms with Gasteiger partial charge in [0, 0.05) is 18.8 Å². The van der Waals surface area contributed by atoms with Crippen molar-refractivity contribution in [1.29, 1.82) is 0 Å². The summed E-state index contributed by atoms with van der Waals surface area (Å²) in [4.78, 5) is 3.78. The topological polar surface area (TPSA) is 67.3 Å². The first-order valence-corrected chi connectivity index (χ1v) is 7.72. The summed E-state index contributed by atoms with van der Waals surface area (Å²) in [5.41, 5.74) is 0. The Labute approximate surface area is 129 Å². The van der Waals surface area contributed by atoms with Crippen LogP contribution < -0.4 is 0 Å². The quantitative estimate of drug-likeness (QED) is 0.469. The SMILES string of the molecule is O=S(=O)(O)C(F)(F)C(F)CCCCC(F)(F)F.c1ccncc1. The van der Waals surface area contributed by atoms with E-state index in [1.807, 2.05) is 18.2 Å². The van der Waals surface area contributed by atoms with Gasteiger partial charge in [-0.15, -0.1) is 0 Å². The van der Waals surface area contributed by atoms with Crippen molar-refractivity contribution in [3.05, 3.63) is 30.6 Å². The molecular weight excluding hydrogens is 352 g/mol. The molecule has 1 rings (SSSR count). The maximum Gasteiger partial charge on any atom is 0.400 e. The number of nitrogens with zero attached hydrogens (tertiary/aromatic N) is 1. The van der Waals surface area contributed by atoms with Crippen LogP contribution in [0.5, 0.6) is 0 Å². The van der Waals surface area contributed by atoms with Crippen LogP contribution in [0, 0.1) is 0 Å². The molecule has 0 amide bonds. The van der Waals surface area contributed by atoms with Crippen molar-refractivity contribution in [1.82, 2.24) is 4.98 Å². The second-order valence-corrected chi connectivity index (χ2v) is 5.88.